The molecule has 9 nitrogen and oxygen atoms in total. The van der Waals surface area contributed by atoms with E-state index in [1.165, 1.54) is 6.42 Å². The smallest absolute Gasteiger partial charge is 0.463 e. The average Bonchev–Trinajstić information content (AvgIpc) is 3.07. The summed E-state index contributed by atoms with van der Waals surface area (Å²) in [7, 11) is -4.43. The standard InChI is InChI=1S/C38H64NO8P/c1-3-5-7-9-11-13-15-16-17-18-19-20-21-22-24-26-28-30-37(41)39-32-33-46-48(43,44)47-35-36(40)34-45-38(42)31-29-27-25-23-14-12-10-8-6-4-2/h5,7-8,10-11,13,16-17,19-20,22,24,36,40H,3-4,6,9,12,14-15,18,21,23,25-35H2,1-2H3,(H,39,41)(H,43,44)/b7-5-,10-8-,13-11-,17-16-,20-19-,24-22-. The number of esters is 1. The molecule has 1 amide bonds. The second kappa shape index (κ2) is 34.3. The topological polar surface area (TPSA) is 131 Å². The Bertz CT molecular complexity index is 1020. The summed E-state index contributed by atoms with van der Waals surface area (Å²) < 4.78 is 26.7. The maximum atomic E-state index is 12.0. The lowest BCUT2D eigenvalue weighted by atomic mass is 10.1. The van der Waals surface area contributed by atoms with Crippen LogP contribution in [0.3, 0.4) is 0 Å². The molecule has 0 saturated heterocycles. The van der Waals surface area contributed by atoms with Crippen LogP contribution in [0.2, 0.25) is 0 Å². The second-order valence-corrected chi connectivity index (χ2v) is 12.9. The minimum absolute atomic E-state index is 0.0462. The number of amides is 1. The summed E-state index contributed by atoms with van der Waals surface area (Å²) >= 11 is 0. The minimum atomic E-state index is -4.43. The lowest BCUT2D eigenvalue weighted by Crippen LogP contribution is -2.27. The van der Waals surface area contributed by atoms with Crippen LogP contribution in [-0.2, 0) is 27.9 Å². The van der Waals surface area contributed by atoms with E-state index in [0.717, 1.165) is 83.5 Å². The Morgan fingerprint density at radius 2 is 1.21 bits per heavy atom. The van der Waals surface area contributed by atoms with E-state index in [1.807, 2.05) is 0 Å². The van der Waals surface area contributed by atoms with Gasteiger partial charge in [-0.15, -0.1) is 0 Å². The number of phosphoric acid groups is 1. The summed E-state index contributed by atoms with van der Waals surface area (Å²) in [5, 5.41) is 12.6. The van der Waals surface area contributed by atoms with Gasteiger partial charge in [-0.25, -0.2) is 4.57 Å². The number of carbonyl (C=O) groups is 2. The molecule has 0 heterocycles. The van der Waals surface area contributed by atoms with Crippen molar-refractivity contribution in [2.45, 2.75) is 129 Å². The number of allylic oxidation sites excluding steroid dienone is 12. The van der Waals surface area contributed by atoms with E-state index in [-0.39, 0.29) is 32.1 Å². The molecule has 3 N–H and O–H groups in total. The number of nitrogens with one attached hydrogen (secondary N) is 1. The van der Waals surface area contributed by atoms with Gasteiger partial charge < -0.3 is 20.1 Å². The first-order valence-electron chi connectivity index (χ1n) is 17.9. The van der Waals surface area contributed by atoms with Gasteiger partial charge in [0, 0.05) is 19.4 Å². The Hall–Kier alpha value is -2.55. The molecule has 0 aromatic heterocycles. The maximum Gasteiger partial charge on any atom is 0.472 e. The van der Waals surface area contributed by atoms with Gasteiger partial charge in [0.05, 0.1) is 13.2 Å². The highest BCUT2D eigenvalue weighted by molar-refractivity contribution is 7.47. The Kier molecular flexibility index (Phi) is 32.5. The highest BCUT2D eigenvalue weighted by Crippen LogP contribution is 2.42. The number of hydrogen-bond acceptors (Lipinski definition) is 7. The van der Waals surface area contributed by atoms with Crippen molar-refractivity contribution < 1.29 is 37.9 Å². The molecular formula is C38H64NO8P. The zero-order valence-corrected chi connectivity index (χ0v) is 30.5. The number of aliphatic hydroxyl groups is 1. The number of ether oxygens (including phenoxy) is 1. The Morgan fingerprint density at radius 3 is 1.85 bits per heavy atom. The maximum absolute atomic E-state index is 12.0. The largest absolute Gasteiger partial charge is 0.472 e. The van der Waals surface area contributed by atoms with Crippen LogP contribution in [0.1, 0.15) is 123 Å². The Labute approximate surface area is 290 Å². The molecule has 2 atom stereocenters. The summed E-state index contributed by atoms with van der Waals surface area (Å²) in [6, 6.07) is 0. The van der Waals surface area contributed by atoms with Crippen LogP contribution in [-0.4, -0.2) is 54.3 Å². The zero-order chi connectivity index (χ0) is 35.4. The van der Waals surface area contributed by atoms with Crippen LogP contribution < -0.4 is 5.32 Å². The second-order valence-electron chi connectivity index (χ2n) is 11.5. The summed E-state index contributed by atoms with van der Waals surface area (Å²) in [5.74, 6) is -0.597. The van der Waals surface area contributed by atoms with Gasteiger partial charge in [0.1, 0.15) is 12.7 Å². The number of unbranched alkanes of at least 4 members (excludes halogenated alkanes) is 7. The third kappa shape index (κ3) is 34.8. The van der Waals surface area contributed by atoms with E-state index in [2.05, 4.69) is 92.1 Å². The molecule has 0 aliphatic carbocycles. The quantitative estimate of drug-likeness (QED) is 0.0275. The Morgan fingerprint density at radius 1 is 0.667 bits per heavy atom. The van der Waals surface area contributed by atoms with E-state index < -0.39 is 26.5 Å². The number of hydrogen-bond donors (Lipinski definition) is 3. The van der Waals surface area contributed by atoms with Gasteiger partial charge in [-0.05, 0) is 70.6 Å². The van der Waals surface area contributed by atoms with Crippen LogP contribution in [0.25, 0.3) is 0 Å². The van der Waals surface area contributed by atoms with Crippen LogP contribution in [0.4, 0.5) is 0 Å². The molecule has 0 aliphatic rings. The third-order valence-corrected chi connectivity index (χ3v) is 7.84. The van der Waals surface area contributed by atoms with E-state index in [1.54, 1.807) is 0 Å². The first-order valence-corrected chi connectivity index (χ1v) is 19.4. The van der Waals surface area contributed by atoms with Crippen molar-refractivity contribution in [2.24, 2.45) is 0 Å². The summed E-state index contributed by atoms with van der Waals surface area (Å²) in [6.07, 6.45) is 39.9. The molecule has 0 aromatic rings. The zero-order valence-electron chi connectivity index (χ0n) is 29.6. The lowest BCUT2D eigenvalue weighted by Gasteiger charge is -2.15. The van der Waals surface area contributed by atoms with Crippen molar-refractivity contribution in [1.82, 2.24) is 5.32 Å². The number of carbonyl (C=O) groups excluding carboxylic acids is 2. The highest BCUT2D eigenvalue weighted by Gasteiger charge is 2.23. The first kappa shape index (κ1) is 45.5. The fraction of sp³-hybridized carbons (Fsp3) is 0.632. The molecule has 0 aromatic carbocycles. The van der Waals surface area contributed by atoms with Crippen molar-refractivity contribution in [2.75, 3.05) is 26.4 Å². The minimum Gasteiger partial charge on any atom is -0.463 e. The molecule has 0 bridgehead atoms. The van der Waals surface area contributed by atoms with Gasteiger partial charge in [0.25, 0.3) is 0 Å². The SMILES string of the molecule is CC/C=C\C/C=C\C/C=C\C/C=C\C/C=C\CCCC(=O)NCCOP(=O)(O)OCC(O)COC(=O)CCCCCCC/C=C\CCC. The van der Waals surface area contributed by atoms with Crippen molar-refractivity contribution in [3.05, 3.63) is 72.9 Å². The molecule has 274 valence electrons. The third-order valence-electron chi connectivity index (χ3n) is 6.85. The van der Waals surface area contributed by atoms with Gasteiger partial charge in [0.15, 0.2) is 0 Å². The van der Waals surface area contributed by atoms with Gasteiger partial charge in [-0.2, -0.15) is 0 Å². The van der Waals surface area contributed by atoms with Crippen molar-refractivity contribution in [3.8, 4) is 0 Å². The molecule has 0 spiro atoms. The fourth-order valence-electron chi connectivity index (χ4n) is 4.18. The van der Waals surface area contributed by atoms with Gasteiger partial charge in [-0.1, -0.05) is 112 Å². The van der Waals surface area contributed by atoms with Crippen molar-refractivity contribution in [3.63, 3.8) is 0 Å². The summed E-state index contributed by atoms with van der Waals surface area (Å²) in [4.78, 5) is 33.6. The monoisotopic (exact) mass is 693 g/mol. The normalized spacial score (nSPS) is 14.3. The number of rotatable bonds is 32. The van der Waals surface area contributed by atoms with E-state index in [0.29, 0.717) is 12.8 Å². The van der Waals surface area contributed by atoms with E-state index >= 15 is 0 Å². The molecule has 0 saturated carbocycles. The number of phosphoric ester groups is 1. The van der Waals surface area contributed by atoms with Crippen molar-refractivity contribution >= 4 is 19.7 Å². The first-order chi connectivity index (χ1) is 23.3. The highest BCUT2D eigenvalue weighted by atomic mass is 31.2. The molecular weight excluding hydrogens is 629 g/mol. The number of aliphatic hydroxyl groups excluding tert-OH is 1. The summed E-state index contributed by atoms with van der Waals surface area (Å²) in [6.45, 7) is 3.25. The van der Waals surface area contributed by atoms with E-state index in [4.69, 9.17) is 13.8 Å². The molecule has 10 heteroatoms. The lowest BCUT2D eigenvalue weighted by molar-refractivity contribution is -0.147. The van der Waals surface area contributed by atoms with E-state index in [9.17, 15) is 24.2 Å². The van der Waals surface area contributed by atoms with Crippen LogP contribution in [0.5, 0.6) is 0 Å². The molecule has 0 rings (SSSR count). The van der Waals surface area contributed by atoms with Gasteiger partial charge >= 0.3 is 13.8 Å². The predicted octanol–water partition coefficient (Wildman–Crippen LogP) is 9.15. The van der Waals surface area contributed by atoms with Gasteiger partial charge in [0.2, 0.25) is 5.91 Å². The van der Waals surface area contributed by atoms with Crippen LogP contribution in [0.15, 0.2) is 72.9 Å². The molecule has 0 radical (unpaired) electrons. The van der Waals surface area contributed by atoms with Crippen LogP contribution >= 0.6 is 7.82 Å². The molecule has 0 aliphatic heterocycles. The van der Waals surface area contributed by atoms with Gasteiger partial charge in [-0.3, -0.25) is 18.6 Å². The predicted molar refractivity (Wildman–Crippen MR) is 196 cm³/mol. The van der Waals surface area contributed by atoms with Crippen LogP contribution in [0, 0.1) is 0 Å². The van der Waals surface area contributed by atoms with Crippen molar-refractivity contribution in [1.29, 1.82) is 0 Å². The fourth-order valence-corrected chi connectivity index (χ4v) is 4.94. The summed E-state index contributed by atoms with van der Waals surface area (Å²) in [5.41, 5.74) is 0. The Balaban J connectivity index is 3.76. The molecule has 2 unspecified atom stereocenters. The molecule has 0 fully saturated rings. The molecule has 48 heavy (non-hydrogen) atoms. The average molecular weight is 694 g/mol.